The molecule has 1 aromatic heterocycles. The van der Waals surface area contributed by atoms with Gasteiger partial charge in [0, 0.05) is 21.7 Å². The highest BCUT2D eigenvalue weighted by molar-refractivity contribution is 6.22. The summed E-state index contributed by atoms with van der Waals surface area (Å²) in [6.45, 7) is 2.15. The zero-order chi connectivity index (χ0) is 20.8. The van der Waals surface area contributed by atoms with Crippen LogP contribution in [0.2, 0.25) is 0 Å². The molecule has 1 heteroatoms. The van der Waals surface area contributed by atoms with Gasteiger partial charge in [-0.1, -0.05) is 109 Å². The lowest BCUT2D eigenvalue weighted by Crippen LogP contribution is -1.92. The Kier molecular flexibility index (Phi) is 4.07. The summed E-state index contributed by atoms with van der Waals surface area (Å²) in [5.74, 6) is 0. The van der Waals surface area contributed by atoms with Crippen molar-refractivity contribution in [1.82, 2.24) is 4.98 Å². The highest BCUT2D eigenvalue weighted by Gasteiger charge is 2.14. The number of fused-ring (bicyclic) bond motifs is 5. The van der Waals surface area contributed by atoms with Crippen LogP contribution >= 0.6 is 0 Å². The minimum atomic E-state index is 1.04. The van der Waals surface area contributed by atoms with Gasteiger partial charge in [0.15, 0.2) is 0 Å². The van der Waals surface area contributed by atoms with Crippen molar-refractivity contribution in [2.45, 2.75) is 6.92 Å². The molecule has 6 aromatic rings. The third kappa shape index (κ3) is 2.90. The predicted molar refractivity (Wildman–Crippen MR) is 132 cm³/mol. The lowest BCUT2D eigenvalue weighted by atomic mass is 9.94. The van der Waals surface area contributed by atoms with Crippen molar-refractivity contribution in [3.8, 4) is 22.4 Å². The third-order valence-corrected chi connectivity index (χ3v) is 6.18. The van der Waals surface area contributed by atoms with Gasteiger partial charge in [0.1, 0.15) is 0 Å². The molecule has 31 heavy (non-hydrogen) atoms. The molecule has 0 unspecified atom stereocenters. The molecule has 146 valence electrons. The number of aryl methyl sites for hydroxylation is 1. The van der Waals surface area contributed by atoms with Crippen LogP contribution in [0.4, 0.5) is 0 Å². The van der Waals surface area contributed by atoms with E-state index in [0.29, 0.717) is 0 Å². The van der Waals surface area contributed by atoms with Gasteiger partial charge in [0.25, 0.3) is 0 Å². The fraction of sp³-hybridized carbons (Fsp3) is 0.0333. The molecule has 0 aliphatic heterocycles. The lowest BCUT2D eigenvalue weighted by Gasteiger charge is -2.14. The number of aromatic nitrogens is 1. The largest absolute Gasteiger partial charge is 0.247 e. The Hall–Kier alpha value is -3.97. The molecule has 6 rings (SSSR count). The average Bonchev–Trinajstić information content (AvgIpc) is 2.84. The predicted octanol–water partition coefficient (Wildman–Crippen LogP) is 8.18. The molecule has 0 N–H and O–H groups in total. The number of rotatable bonds is 2. The summed E-state index contributed by atoms with van der Waals surface area (Å²) in [6, 6.07) is 38.8. The van der Waals surface area contributed by atoms with Crippen molar-refractivity contribution >= 4 is 32.4 Å². The fourth-order valence-electron chi connectivity index (χ4n) is 4.61. The molecule has 0 amide bonds. The highest BCUT2D eigenvalue weighted by atomic mass is 14.7. The van der Waals surface area contributed by atoms with E-state index in [1.54, 1.807) is 0 Å². The first-order valence-corrected chi connectivity index (χ1v) is 10.7. The Morgan fingerprint density at radius 1 is 0.484 bits per heavy atom. The average molecular weight is 396 g/mol. The van der Waals surface area contributed by atoms with Crippen molar-refractivity contribution < 1.29 is 0 Å². The number of nitrogens with zero attached hydrogens (tertiary/aromatic N) is 1. The first-order chi connectivity index (χ1) is 15.3. The Morgan fingerprint density at radius 3 is 2.00 bits per heavy atom. The number of para-hydroxylation sites is 1. The van der Waals surface area contributed by atoms with Gasteiger partial charge in [0.05, 0.1) is 11.2 Å². The topological polar surface area (TPSA) is 12.9 Å². The zero-order valence-electron chi connectivity index (χ0n) is 17.3. The second-order valence-electron chi connectivity index (χ2n) is 8.08. The van der Waals surface area contributed by atoms with Gasteiger partial charge >= 0.3 is 0 Å². The van der Waals surface area contributed by atoms with Gasteiger partial charge in [-0.05, 0) is 34.4 Å². The van der Waals surface area contributed by atoms with Crippen LogP contribution in [0.25, 0.3) is 54.8 Å². The van der Waals surface area contributed by atoms with E-state index in [4.69, 9.17) is 4.98 Å². The number of hydrogen-bond acceptors (Lipinski definition) is 1. The smallest absolute Gasteiger partial charge is 0.0788 e. The fourth-order valence-corrected chi connectivity index (χ4v) is 4.61. The van der Waals surface area contributed by atoms with Crippen molar-refractivity contribution in [1.29, 1.82) is 0 Å². The minimum absolute atomic E-state index is 1.04. The maximum Gasteiger partial charge on any atom is 0.0788 e. The monoisotopic (exact) mass is 395 g/mol. The van der Waals surface area contributed by atoms with Crippen LogP contribution in [-0.2, 0) is 0 Å². The van der Waals surface area contributed by atoms with Crippen molar-refractivity contribution in [2.24, 2.45) is 0 Å². The summed E-state index contributed by atoms with van der Waals surface area (Å²) < 4.78 is 0. The minimum Gasteiger partial charge on any atom is -0.247 e. The molecular weight excluding hydrogens is 374 g/mol. The van der Waals surface area contributed by atoms with E-state index in [1.807, 2.05) is 0 Å². The second kappa shape index (κ2) is 7.07. The molecule has 0 saturated heterocycles. The van der Waals surface area contributed by atoms with E-state index in [2.05, 4.69) is 116 Å². The van der Waals surface area contributed by atoms with E-state index < -0.39 is 0 Å². The molecule has 1 heterocycles. The van der Waals surface area contributed by atoms with Gasteiger partial charge in [-0.15, -0.1) is 0 Å². The number of benzene rings is 5. The van der Waals surface area contributed by atoms with Gasteiger partial charge in [-0.3, -0.25) is 0 Å². The van der Waals surface area contributed by atoms with Crippen LogP contribution in [0.1, 0.15) is 5.56 Å². The summed E-state index contributed by atoms with van der Waals surface area (Å²) >= 11 is 0. The normalized spacial score (nSPS) is 11.4. The molecule has 0 aliphatic carbocycles. The van der Waals surface area contributed by atoms with Gasteiger partial charge < -0.3 is 0 Å². The summed E-state index contributed by atoms with van der Waals surface area (Å²) in [7, 11) is 0. The van der Waals surface area contributed by atoms with Crippen molar-refractivity contribution in [3.05, 3.63) is 115 Å². The van der Waals surface area contributed by atoms with E-state index >= 15 is 0 Å². The maximum absolute atomic E-state index is 5.18. The summed E-state index contributed by atoms with van der Waals surface area (Å²) in [6.07, 6.45) is 0. The zero-order valence-corrected chi connectivity index (χ0v) is 17.3. The van der Waals surface area contributed by atoms with Crippen LogP contribution in [0, 0.1) is 6.92 Å². The summed E-state index contributed by atoms with van der Waals surface area (Å²) in [5.41, 5.74) is 6.92. The van der Waals surface area contributed by atoms with Crippen molar-refractivity contribution in [2.75, 3.05) is 0 Å². The van der Waals surface area contributed by atoms with Crippen LogP contribution < -0.4 is 0 Å². The Morgan fingerprint density at radius 2 is 1.16 bits per heavy atom. The van der Waals surface area contributed by atoms with Gasteiger partial charge in [-0.25, -0.2) is 4.98 Å². The van der Waals surface area contributed by atoms with Crippen LogP contribution in [-0.4, -0.2) is 4.98 Å². The molecule has 5 aromatic carbocycles. The quantitative estimate of drug-likeness (QED) is 0.269. The molecule has 0 radical (unpaired) electrons. The Labute approximate surface area is 181 Å². The molecule has 0 atom stereocenters. The van der Waals surface area contributed by atoms with Gasteiger partial charge in [-0.2, -0.15) is 0 Å². The van der Waals surface area contributed by atoms with Crippen LogP contribution in [0.3, 0.4) is 0 Å². The van der Waals surface area contributed by atoms with Crippen LogP contribution in [0.15, 0.2) is 109 Å². The van der Waals surface area contributed by atoms with Crippen LogP contribution in [0.5, 0.6) is 0 Å². The number of pyridine rings is 1. The van der Waals surface area contributed by atoms with Crippen molar-refractivity contribution in [3.63, 3.8) is 0 Å². The van der Waals surface area contributed by atoms with E-state index in [1.165, 1.54) is 43.6 Å². The molecule has 0 saturated carbocycles. The van der Waals surface area contributed by atoms with E-state index in [9.17, 15) is 0 Å². The molecule has 0 fully saturated rings. The maximum atomic E-state index is 5.18. The third-order valence-electron chi connectivity index (χ3n) is 6.18. The Bertz CT molecular complexity index is 1560. The molecule has 0 aliphatic rings. The van der Waals surface area contributed by atoms with Gasteiger partial charge in [0.2, 0.25) is 0 Å². The second-order valence-corrected chi connectivity index (χ2v) is 8.08. The van der Waals surface area contributed by atoms with E-state index in [0.717, 1.165) is 16.8 Å². The lowest BCUT2D eigenvalue weighted by molar-refractivity contribution is 1.38. The molecule has 1 nitrogen and oxygen atoms in total. The Balaban J connectivity index is 1.66. The standard InChI is InChI=1S/C30H21N/c1-20-8-7-13-26-28-25-12-6-5-11-23(25)18-19-27(28)30(31-29(20)26)24-16-14-22(15-17-24)21-9-3-2-4-10-21/h2-19H,1H3. The SMILES string of the molecule is Cc1cccc2c1nc(-c1ccc(-c3ccccc3)cc1)c1ccc3ccccc3c12. The summed E-state index contributed by atoms with van der Waals surface area (Å²) in [5, 5.41) is 6.24. The number of hydrogen-bond donors (Lipinski definition) is 0. The summed E-state index contributed by atoms with van der Waals surface area (Å²) in [4.78, 5) is 5.18. The molecule has 0 spiro atoms. The van der Waals surface area contributed by atoms with E-state index in [-0.39, 0.29) is 0 Å². The first kappa shape index (κ1) is 17.9. The highest BCUT2D eigenvalue weighted by Crippen LogP contribution is 2.38. The first-order valence-electron chi connectivity index (χ1n) is 10.7. The molecular formula is C30H21N. The molecule has 0 bridgehead atoms.